The molecule has 1 fully saturated rings. The predicted molar refractivity (Wildman–Crippen MR) is 72.9 cm³/mol. The van der Waals surface area contributed by atoms with Crippen LogP contribution in [0.5, 0.6) is 0 Å². The molecule has 0 aromatic carbocycles. The molecule has 19 heavy (non-hydrogen) atoms. The number of allylic oxidation sites excluding steroid dienone is 1. The fraction of sp³-hybridized carbons (Fsp3) is 0.500. The Hall–Kier alpha value is -0.510. The van der Waals surface area contributed by atoms with Crippen LogP contribution in [0, 0.1) is 11.3 Å². The van der Waals surface area contributed by atoms with E-state index in [0.717, 1.165) is 12.2 Å². The van der Waals surface area contributed by atoms with Gasteiger partial charge in [0.05, 0.1) is 17.1 Å². The van der Waals surface area contributed by atoms with Crippen LogP contribution in [0.1, 0.15) is 12.8 Å². The predicted octanol–water partition coefficient (Wildman–Crippen LogP) is 2.65. The number of quaternary nitrogens is 1. The normalized spacial score (nSPS) is 41.5. The minimum absolute atomic E-state index is 0.232. The topological polar surface area (TPSA) is 50.1 Å². The second-order valence-corrected chi connectivity index (χ2v) is 6.61. The van der Waals surface area contributed by atoms with Crippen molar-refractivity contribution in [1.29, 1.82) is 5.26 Å². The lowest BCUT2D eigenvalue weighted by atomic mass is 10.0. The standard InChI is InChI=1S/C12H11Cl2N2O2S/c13-10-6-8-2-3-12(10,14)16(4-1-5-19-18-16)9(7-15)11(8)17/h2,6,9H,1,3-5H2/q+1. The van der Waals surface area contributed by atoms with Crippen molar-refractivity contribution in [2.75, 3.05) is 12.3 Å². The van der Waals surface area contributed by atoms with Gasteiger partial charge in [0.15, 0.2) is 0 Å². The van der Waals surface area contributed by atoms with E-state index in [4.69, 9.17) is 27.5 Å². The van der Waals surface area contributed by atoms with Gasteiger partial charge in [-0.3, -0.25) is 4.79 Å². The van der Waals surface area contributed by atoms with Gasteiger partial charge in [-0.05, 0) is 17.7 Å². The number of carbonyl (C=O) groups is 1. The number of carbonyl (C=O) groups excluding carboxylic acids is 1. The molecule has 3 heterocycles. The highest BCUT2D eigenvalue weighted by atomic mass is 35.5. The van der Waals surface area contributed by atoms with Crippen LogP contribution in [0.4, 0.5) is 0 Å². The molecule has 0 aromatic heterocycles. The van der Waals surface area contributed by atoms with Crippen LogP contribution >= 0.6 is 35.2 Å². The number of hydrogen-bond donors (Lipinski definition) is 0. The summed E-state index contributed by atoms with van der Waals surface area (Å²) in [5.74, 6) is 0.559. The molecule has 1 aliphatic carbocycles. The number of halogens is 2. The number of Topliss-reactive ketones (excluding diaryl/α,β-unsaturated/α-hetero) is 1. The highest BCUT2D eigenvalue weighted by Gasteiger charge is 2.65. The molecule has 3 aliphatic heterocycles. The van der Waals surface area contributed by atoms with Crippen LogP contribution in [0.25, 0.3) is 0 Å². The summed E-state index contributed by atoms with van der Waals surface area (Å²) in [7, 11) is 0. The Kier molecular flexibility index (Phi) is 3.19. The van der Waals surface area contributed by atoms with Crippen molar-refractivity contribution in [2.45, 2.75) is 23.9 Å². The molecule has 0 radical (unpaired) electrons. The molecule has 0 saturated carbocycles. The fourth-order valence-electron chi connectivity index (χ4n) is 2.79. The van der Waals surface area contributed by atoms with E-state index in [9.17, 15) is 10.1 Å². The zero-order valence-corrected chi connectivity index (χ0v) is 12.3. The van der Waals surface area contributed by atoms with Crippen molar-refractivity contribution < 1.29 is 13.7 Å². The molecule has 0 aromatic rings. The van der Waals surface area contributed by atoms with Crippen LogP contribution in [0.2, 0.25) is 0 Å². The van der Waals surface area contributed by atoms with Crippen LogP contribution < -0.4 is 0 Å². The molecule has 0 amide bonds. The number of ketones is 1. The first kappa shape index (κ1) is 13.5. The Morgan fingerprint density at radius 1 is 1.63 bits per heavy atom. The molecule has 2 bridgehead atoms. The maximum Gasteiger partial charge on any atom is 0.271 e. The van der Waals surface area contributed by atoms with Gasteiger partial charge in [0.25, 0.3) is 6.04 Å². The summed E-state index contributed by atoms with van der Waals surface area (Å²) >= 11 is 14.2. The molecule has 1 spiro atoms. The van der Waals surface area contributed by atoms with E-state index >= 15 is 0 Å². The van der Waals surface area contributed by atoms with Gasteiger partial charge in [0.1, 0.15) is 12.6 Å². The van der Waals surface area contributed by atoms with Gasteiger partial charge in [-0.2, -0.15) is 5.26 Å². The van der Waals surface area contributed by atoms with Gasteiger partial charge in [0, 0.05) is 24.2 Å². The second-order valence-electron chi connectivity index (χ2n) is 4.78. The third kappa shape index (κ3) is 1.65. The first-order valence-corrected chi connectivity index (χ1v) is 7.61. The van der Waals surface area contributed by atoms with Gasteiger partial charge >= 0.3 is 0 Å². The van der Waals surface area contributed by atoms with E-state index in [1.807, 2.05) is 0 Å². The summed E-state index contributed by atoms with van der Waals surface area (Å²) in [6, 6.07) is 1.10. The summed E-state index contributed by atoms with van der Waals surface area (Å²) in [4.78, 5) is 11.4. The smallest absolute Gasteiger partial charge is 0.271 e. The van der Waals surface area contributed by atoms with Crippen molar-refractivity contribution in [1.82, 2.24) is 0 Å². The molecule has 7 heteroatoms. The lowest BCUT2D eigenvalue weighted by Crippen LogP contribution is -2.67. The molecule has 100 valence electrons. The molecule has 3 atom stereocenters. The Bertz CT molecular complexity index is 548. The van der Waals surface area contributed by atoms with Crippen LogP contribution in [0.3, 0.4) is 0 Å². The molecular formula is C12H11Cl2N2O2S+. The van der Waals surface area contributed by atoms with Crippen molar-refractivity contribution in [2.24, 2.45) is 0 Å². The maximum atomic E-state index is 12.4. The van der Waals surface area contributed by atoms with Crippen LogP contribution in [-0.2, 0) is 9.08 Å². The van der Waals surface area contributed by atoms with Crippen molar-refractivity contribution in [3.8, 4) is 6.07 Å². The third-order valence-electron chi connectivity index (χ3n) is 3.82. The third-order valence-corrected chi connectivity index (χ3v) is 5.81. The van der Waals surface area contributed by atoms with Gasteiger partial charge in [-0.1, -0.05) is 17.7 Å². The van der Waals surface area contributed by atoms with Gasteiger partial charge < -0.3 is 0 Å². The summed E-state index contributed by atoms with van der Waals surface area (Å²) in [6.45, 7) is 0.506. The largest absolute Gasteiger partial charge is 0.286 e. The lowest BCUT2D eigenvalue weighted by molar-refractivity contribution is -1.11. The second kappa shape index (κ2) is 4.51. The zero-order chi connectivity index (χ0) is 13.7. The number of hydrogen-bond acceptors (Lipinski definition) is 4. The van der Waals surface area contributed by atoms with Crippen LogP contribution in [0.15, 0.2) is 22.8 Å². The van der Waals surface area contributed by atoms with E-state index in [2.05, 4.69) is 6.07 Å². The number of fused-ring (bicyclic) bond motifs is 2. The molecule has 4 rings (SSSR count). The molecule has 4 nitrogen and oxygen atoms in total. The fourth-order valence-corrected chi connectivity index (χ4v) is 4.32. The van der Waals surface area contributed by atoms with E-state index in [0.29, 0.717) is 23.6 Å². The Morgan fingerprint density at radius 3 is 3.00 bits per heavy atom. The first-order chi connectivity index (χ1) is 9.05. The number of rotatable bonds is 0. The number of hydroxylamine groups is 3. The molecule has 3 unspecified atom stereocenters. The van der Waals surface area contributed by atoms with Crippen molar-refractivity contribution in [3.63, 3.8) is 0 Å². The zero-order valence-electron chi connectivity index (χ0n) is 9.94. The summed E-state index contributed by atoms with van der Waals surface area (Å²) in [5, 5.41) is 9.82. The number of nitriles is 1. The van der Waals surface area contributed by atoms with E-state index < -0.39 is 11.0 Å². The van der Waals surface area contributed by atoms with Gasteiger partial charge in [-0.15, -0.1) is 8.93 Å². The molecular weight excluding hydrogens is 307 g/mol. The number of alkyl halides is 1. The highest BCUT2D eigenvalue weighted by molar-refractivity contribution is 7.94. The lowest BCUT2D eigenvalue weighted by Gasteiger charge is -2.47. The minimum atomic E-state index is -1.08. The summed E-state index contributed by atoms with van der Waals surface area (Å²) in [5.41, 5.74) is 0.460. The van der Waals surface area contributed by atoms with E-state index in [-0.39, 0.29) is 10.4 Å². The van der Waals surface area contributed by atoms with E-state index in [1.54, 1.807) is 12.2 Å². The maximum absolute atomic E-state index is 12.4. The summed E-state index contributed by atoms with van der Waals surface area (Å²) in [6.07, 6.45) is 4.54. The van der Waals surface area contributed by atoms with Gasteiger partial charge in [-0.25, -0.2) is 0 Å². The van der Waals surface area contributed by atoms with Crippen molar-refractivity contribution >= 4 is 41.0 Å². The molecule has 0 N–H and O–H groups in total. The Balaban J connectivity index is 2.22. The SMILES string of the molecule is N#CC1C(=O)C2=CCC(Cl)(C(Cl)=C2)[N+]12CCCSO2. The molecule has 1 saturated heterocycles. The first-order valence-electron chi connectivity index (χ1n) is 5.95. The van der Waals surface area contributed by atoms with Crippen LogP contribution in [-0.4, -0.2) is 33.8 Å². The highest BCUT2D eigenvalue weighted by Crippen LogP contribution is 2.52. The monoisotopic (exact) mass is 317 g/mol. The Labute approximate surface area is 125 Å². The van der Waals surface area contributed by atoms with Crippen molar-refractivity contribution in [3.05, 3.63) is 22.8 Å². The number of nitrogens with zero attached hydrogens (tertiary/aromatic N) is 2. The Morgan fingerprint density at radius 2 is 2.42 bits per heavy atom. The average molecular weight is 318 g/mol. The molecule has 4 aliphatic rings. The quantitative estimate of drug-likeness (QED) is 0.298. The average Bonchev–Trinajstić information content (AvgIpc) is 2.53. The van der Waals surface area contributed by atoms with E-state index in [1.165, 1.54) is 12.0 Å². The summed E-state index contributed by atoms with van der Waals surface area (Å²) < 4.78 is 5.55. The minimum Gasteiger partial charge on any atom is -0.286 e. The van der Waals surface area contributed by atoms with Gasteiger partial charge in [0.2, 0.25) is 10.8 Å².